The number of nitrogens with zero attached hydrogens (tertiary/aromatic N) is 2. The molecule has 2 aliphatic heterocycles. The third-order valence-electron chi connectivity index (χ3n) is 7.23. The van der Waals surface area contributed by atoms with E-state index in [9.17, 15) is 31.2 Å². The Kier molecular flexibility index (Phi) is 9.74. The van der Waals surface area contributed by atoms with E-state index in [2.05, 4.69) is 5.32 Å². The summed E-state index contributed by atoms with van der Waals surface area (Å²) in [6.07, 6.45) is 0.101. The Labute approximate surface area is 272 Å². The number of hydrogen-bond acceptors (Lipinski definition) is 11. The summed E-state index contributed by atoms with van der Waals surface area (Å²) < 4.78 is 77.9. The predicted octanol–water partition coefficient (Wildman–Crippen LogP) is 3.69. The molecule has 0 bridgehead atoms. The molecule has 3 aromatic carbocycles. The zero-order valence-electron chi connectivity index (χ0n) is 25.8. The molecular weight excluding hydrogens is 654 g/mol. The number of piperazine rings is 1. The molecule has 0 saturated carbocycles. The molecule has 0 unspecified atom stereocenters. The third-order valence-corrected chi connectivity index (χ3v) is 10.6. The lowest BCUT2D eigenvalue weighted by Gasteiger charge is -2.33. The minimum Gasteiger partial charge on any atom is -0.490 e. The second-order valence-electron chi connectivity index (χ2n) is 10.6. The maximum atomic E-state index is 13.7. The van der Waals surface area contributed by atoms with E-state index in [1.807, 2.05) is 6.92 Å². The molecule has 1 saturated heterocycles. The number of ether oxygens (including phenoxy) is 3. The van der Waals surface area contributed by atoms with Crippen molar-refractivity contribution in [3.05, 3.63) is 71.3 Å². The van der Waals surface area contributed by atoms with Crippen LogP contribution in [0.5, 0.6) is 23.0 Å². The van der Waals surface area contributed by atoms with E-state index in [4.69, 9.17) is 18.4 Å². The van der Waals surface area contributed by atoms with Crippen LogP contribution in [0.4, 0.5) is 4.79 Å². The highest BCUT2D eigenvalue weighted by molar-refractivity contribution is 7.91. The fraction of sp³-hybridized carbons (Fsp3) is 0.323. The van der Waals surface area contributed by atoms with Crippen LogP contribution in [0.2, 0.25) is 0 Å². The number of aryl methyl sites for hydroxylation is 1. The number of hydrogen-bond donors (Lipinski definition) is 1. The molecule has 5 rings (SSSR count). The summed E-state index contributed by atoms with van der Waals surface area (Å²) in [5.41, 5.74) is 0.584. The Bertz CT molecular complexity index is 1940. The van der Waals surface area contributed by atoms with Gasteiger partial charge < -0.3 is 23.3 Å². The molecule has 0 spiro atoms. The molecule has 0 radical (unpaired) electrons. The fourth-order valence-electron chi connectivity index (χ4n) is 5.08. The summed E-state index contributed by atoms with van der Waals surface area (Å²) in [5.74, 6) is -1.22. The Hall–Kier alpha value is -4.67. The smallest absolute Gasteiger partial charge is 0.409 e. The van der Waals surface area contributed by atoms with Crippen molar-refractivity contribution in [2.45, 2.75) is 37.0 Å². The summed E-state index contributed by atoms with van der Waals surface area (Å²) in [5, 5.41) is 2.22. The molecular formula is C31H33N3O11S2. The Morgan fingerprint density at radius 2 is 1.55 bits per heavy atom. The van der Waals surface area contributed by atoms with Gasteiger partial charge in [-0.1, -0.05) is 19.1 Å². The molecule has 3 aromatic rings. The van der Waals surface area contributed by atoms with Gasteiger partial charge in [-0.15, -0.1) is 0 Å². The van der Waals surface area contributed by atoms with E-state index in [-0.39, 0.29) is 66.9 Å². The van der Waals surface area contributed by atoms with Gasteiger partial charge in [0.15, 0.2) is 11.5 Å². The largest absolute Gasteiger partial charge is 0.490 e. The minimum atomic E-state index is -4.73. The van der Waals surface area contributed by atoms with Gasteiger partial charge in [-0.2, -0.15) is 12.7 Å². The van der Waals surface area contributed by atoms with E-state index in [0.29, 0.717) is 18.6 Å². The number of carbonyl (C=O) groups excluding carboxylic acids is 3. The predicted molar refractivity (Wildman–Crippen MR) is 167 cm³/mol. The van der Waals surface area contributed by atoms with E-state index in [1.54, 1.807) is 19.9 Å². The number of imide groups is 1. The van der Waals surface area contributed by atoms with Crippen molar-refractivity contribution in [3.8, 4) is 23.0 Å². The lowest BCUT2D eigenvalue weighted by molar-refractivity contribution is 0.0877. The molecule has 16 heteroatoms. The first-order chi connectivity index (χ1) is 22.3. The first-order valence-electron chi connectivity index (χ1n) is 14.8. The van der Waals surface area contributed by atoms with Crippen molar-refractivity contribution in [2.75, 3.05) is 39.4 Å². The van der Waals surface area contributed by atoms with E-state index < -0.39 is 47.8 Å². The molecule has 14 nitrogen and oxygen atoms in total. The minimum absolute atomic E-state index is 0.0255. The van der Waals surface area contributed by atoms with Crippen LogP contribution < -0.4 is 19.0 Å². The lowest BCUT2D eigenvalue weighted by atomic mass is 10.1. The summed E-state index contributed by atoms with van der Waals surface area (Å²) in [6, 6.07) is 12.3. The van der Waals surface area contributed by atoms with Gasteiger partial charge in [0, 0.05) is 32.2 Å². The van der Waals surface area contributed by atoms with Crippen LogP contribution in [0.25, 0.3) is 0 Å². The number of benzene rings is 3. The van der Waals surface area contributed by atoms with Gasteiger partial charge in [0.2, 0.25) is 10.0 Å². The van der Waals surface area contributed by atoms with Crippen LogP contribution in [0.15, 0.2) is 64.4 Å². The Morgan fingerprint density at radius 3 is 2.23 bits per heavy atom. The van der Waals surface area contributed by atoms with Gasteiger partial charge >= 0.3 is 16.2 Å². The molecule has 250 valence electrons. The van der Waals surface area contributed by atoms with Crippen LogP contribution in [0.1, 0.15) is 46.5 Å². The van der Waals surface area contributed by atoms with Crippen LogP contribution in [-0.2, 0) is 24.9 Å². The fourth-order valence-corrected chi connectivity index (χ4v) is 8.20. The molecule has 2 aliphatic rings. The van der Waals surface area contributed by atoms with Crippen molar-refractivity contribution in [1.29, 1.82) is 0 Å². The van der Waals surface area contributed by atoms with Gasteiger partial charge in [0.05, 0.1) is 24.3 Å². The molecule has 3 amide bonds. The maximum Gasteiger partial charge on any atom is 0.409 e. The molecule has 1 N–H and O–H groups in total. The van der Waals surface area contributed by atoms with Crippen LogP contribution in [0, 0.1) is 6.92 Å². The van der Waals surface area contributed by atoms with Gasteiger partial charge in [-0.05, 0) is 62.2 Å². The highest BCUT2D eigenvalue weighted by atomic mass is 32.2. The average Bonchev–Trinajstić information content (AvgIpc) is 3.33. The Balaban J connectivity index is 1.43. The highest BCUT2D eigenvalue weighted by Crippen LogP contribution is 2.40. The van der Waals surface area contributed by atoms with Crippen molar-refractivity contribution < 1.29 is 49.6 Å². The van der Waals surface area contributed by atoms with Crippen molar-refractivity contribution in [3.63, 3.8) is 0 Å². The normalized spacial score (nSPS) is 15.2. The number of carbonyl (C=O) groups is 3. The quantitative estimate of drug-likeness (QED) is 0.230. The summed E-state index contributed by atoms with van der Waals surface area (Å²) >= 11 is 0. The van der Waals surface area contributed by atoms with Crippen LogP contribution in [0.3, 0.4) is 0 Å². The second kappa shape index (κ2) is 13.6. The zero-order valence-corrected chi connectivity index (χ0v) is 27.5. The van der Waals surface area contributed by atoms with Crippen molar-refractivity contribution in [2.24, 2.45) is 0 Å². The van der Waals surface area contributed by atoms with Crippen LogP contribution in [-0.4, -0.2) is 83.3 Å². The number of fused-ring (bicyclic) bond motifs is 1. The molecule has 47 heavy (non-hydrogen) atoms. The monoisotopic (exact) mass is 687 g/mol. The number of rotatable bonds is 11. The number of sulfonamides is 1. The van der Waals surface area contributed by atoms with Gasteiger partial charge in [-0.3, -0.25) is 14.9 Å². The summed E-state index contributed by atoms with van der Waals surface area (Å²) in [4.78, 5) is 37.3. The van der Waals surface area contributed by atoms with Crippen molar-refractivity contribution >= 4 is 38.0 Å². The standard InChI is InChI=1S/C31H33N3O11S2/c1-4-16-43-24-11-10-23-27(30(36)32-29(23)35)28(24)44-21-17-20(3)18-22(19-21)45-47(40,41)26-9-7-6-8-25(26)46(38,39)34-14-12-33(13-15-34)31(37)42-5-2/h6-11,17-19H,4-5,12-16H2,1-3H3,(H,32,35,36). The second-order valence-corrected chi connectivity index (χ2v) is 14.0. The number of amides is 3. The Morgan fingerprint density at radius 1 is 0.872 bits per heavy atom. The summed E-state index contributed by atoms with van der Waals surface area (Å²) in [6.45, 7) is 5.71. The first kappa shape index (κ1) is 33.7. The number of nitrogens with one attached hydrogen (secondary N) is 1. The van der Waals surface area contributed by atoms with Crippen molar-refractivity contribution in [1.82, 2.24) is 14.5 Å². The van der Waals surface area contributed by atoms with Gasteiger partial charge in [0.1, 0.15) is 21.3 Å². The SMILES string of the molecule is CCCOc1ccc2c(c1Oc1cc(C)cc(OS(=O)(=O)c3ccccc3S(=O)(=O)N3CCN(C(=O)OCC)CC3)c1)C(=O)NC2=O. The molecule has 1 fully saturated rings. The van der Waals surface area contributed by atoms with Gasteiger partial charge in [-0.25, -0.2) is 13.2 Å². The summed E-state index contributed by atoms with van der Waals surface area (Å²) in [7, 11) is -9.05. The van der Waals surface area contributed by atoms with E-state index in [0.717, 1.165) is 10.4 Å². The highest BCUT2D eigenvalue weighted by Gasteiger charge is 2.36. The zero-order chi connectivity index (χ0) is 33.9. The van der Waals surface area contributed by atoms with E-state index in [1.165, 1.54) is 47.4 Å². The maximum absolute atomic E-state index is 13.7. The molecule has 0 aromatic heterocycles. The van der Waals surface area contributed by atoms with Crippen LogP contribution >= 0.6 is 0 Å². The lowest BCUT2D eigenvalue weighted by Crippen LogP contribution is -2.50. The topological polar surface area (TPSA) is 175 Å². The third kappa shape index (κ3) is 7.03. The van der Waals surface area contributed by atoms with Gasteiger partial charge in [0.25, 0.3) is 11.8 Å². The average molecular weight is 688 g/mol. The molecule has 0 atom stereocenters. The molecule has 2 heterocycles. The molecule has 0 aliphatic carbocycles. The first-order valence-corrected chi connectivity index (χ1v) is 17.6. The van der Waals surface area contributed by atoms with E-state index >= 15 is 0 Å².